The molecule has 39 heavy (non-hydrogen) atoms. The number of thioether (sulfide) groups is 1. The molecule has 3 N–H and O–H groups in total. The molecule has 3 aromatic rings. The van der Waals surface area contributed by atoms with Gasteiger partial charge in [0.1, 0.15) is 5.00 Å². The lowest BCUT2D eigenvalue weighted by molar-refractivity contribution is -0.147. The SMILES string of the molecule is CCOC(=O)c1c(NC(=O)COC(=O)C[C@@H]2Sc3ccccc3NC2=O)sc(C(=O)Nc2ccccc2)c1C. The molecule has 0 radical (unpaired) electrons. The van der Waals surface area contributed by atoms with Gasteiger partial charge in [0.25, 0.3) is 11.8 Å². The number of esters is 2. The molecule has 2 aromatic carbocycles. The number of benzene rings is 2. The zero-order valence-electron chi connectivity index (χ0n) is 21.1. The standard InChI is InChI=1S/C27H25N3O7S2/c1-3-36-27(35)22-15(2)23(25(34)28-16-9-5-4-6-10-16)39-26(22)30-20(31)14-37-21(32)13-19-24(33)29-17-11-7-8-12-18(17)38-19/h4-12,19H,3,13-14H2,1-2H3,(H,28,34)(H,29,33)(H,30,31)/t19-/m0/s1. The molecule has 1 aromatic heterocycles. The van der Waals surface area contributed by atoms with Gasteiger partial charge in [-0.3, -0.25) is 19.2 Å². The van der Waals surface area contributed by atoms with Crippen molar-refractivity contribution in [3.05, 3.63) is 70.6 Å². The lowest BCUT2D eigenvalue weighted by Gasteiger charge is -2.23. The van der Waals surface area contributed by atoms with E-state index in [0.717, 1.165) is 16.2 Å². The van der Waals surface area contributed by atoms with Crippen LogP contribution in [0, 0.1) is 6.92 Å². The van der Waals surface area contributed by atoms with E-state index in [0.29, 0.717) is 16.9 Å². The molecule has 4 rings (SSSR count). The molecule has 0 saturated carbocycles. The molecule has 0 aliphatic carbocycles. The molecular formula is C27H25N3O7S2. The first-order valence-corrected chi connectivity index (χ1v) is 13.6. The molecule has 2 heterocycles. The monoisotopic (exact) mass is 567 g/mol. The van der Waals surface area contributed by atoms with Gasteiger partial charge in [0.15, 0.2) is 6.61 Å². The number of hydrogen-bond acceptors (Lipinski definition) is 9. The van der Waals surface area contributed by atoms with Gasteiger partial charge in [-0.15, -0.1) is 23.1 Å². The Hall–Kier alpha value is -4.16. The number of rotatable bonds is 9. The van der Waals surface area contributed by atoms with Gasteiger partial charge in [-0.2, -0.15) is 0 Å². The van der Waals surface area contributed by atoms with Gasteiger partial charge in [0.05, 0.1) is 34.4 Å². The Kier molecular flexibility index (Phi) is 8.99. The number of amides is 3. The van der Waals surface area contributed by atoms with Crippen molar-refractivity contribution in [2.75, 3.05) is 29.2 Å². The summed E-state index contributed by atoms with van der Waals surface area (Å²) < 4.78 is 10.2. The average Bonchev–Trinajstić information content (AvgIpc) is 3.24. The van der Waals surface area contributed by atoms with Crippen LogP contribution in [0.3, 0.4) is 0 Å². The summed E-state index contributed by atoms with van der Waals surface area (Å²) in [4.78, 5) is 64.0. The summed E-state index contributed by atoms with van der Waals surface area (Å²) in [5.41, 5.74) is 1.64. The molecule has 3 amide bonds. The van der Waals surface area contributed by atoms with E-state index in [4.69, 9.17) is 9.47 Å². The second-order valence-corrected chi connectivity index (χ2v) is 10.6. The highest BCUT2D eigenvalue weighted by Gasteiger charge is 2.30. The van der Waals surface area contributed by atoms with Crippen molar-refractivity contribution in [3.63, 3.8) is 0 Å². The molecule has 1 aliphatic rings. The average molecular weight is 568 g/mol. The lowest BCUT2D eigenvalue weighted by Crippen LogP contribution is -2.32. The minimum absolute atomic E-state index is 0.0497. The fourth-order valence-corrected chi connectivity index (χ4v) is 5.92. The van der Waals surface area contributed by atoms with E-state index in [-0.39, 0.29) is 34.4 Å². The molecule has 10 nitrogen and oxygen atoms in total. The Labute approximate surface area is 232 Å². The maximum Gasteiger partial charge on any atom is 0.341 e. The zero-order valence-corrected chi connectivity index (χ0v) is 22.7. The van der Waals surface area contributed by atoms with Crippen LogP contribution in [0.25, 0.3) is 0 Å². The number of fused-ring (bicyclic) bond motifs is 1. The fourth-order valence-electron chi connectivity index (χ4n) is 3.72. The van der Waals surface area contributed by atoms with Crippen molar-refractivity contribution < 1.29 is 33.4 Å². The molecule has 202 valence electrons. The second kappa shape index (κ2) is 12.6. The van der Waals surface area contributed by atoms with E-state index in [1.165, 1.54) is 11.8 Å². The summed E-state index contributed by atoms with van der Waals surface area (Å²) in [7, 11) is 0. The Morgan fingerprint density at radius 2 is 1.69 bits per heavy atom. The van der Waals surface area contributed by atoms with Crippen LogP contribution in [-0.4, -0.2) is 48.1 Å². The number of hydrogen-bond donors (Lipinski definition) is 3. The van der Waals surface area contributed by atoms with Crippen molar-refractivity contribution in [2.45, 2.75) is 30.4 Å². The van der Waals surface area contributed by atoms with E-state index in [1.54, 1.807) is 50.2 Å². The number of nitrogens with one attached hydrogen (secondary N) is 3. The number of anilines is 3. The molecule has 0 saturated heterocycles. The molecule has 0 spiro atoms. The number of para-hydroxylation sites is 2. The van der Waals surface area contributed by atoms with Crippen molar-refractivity contribution in [2.24, 2.45) is 0 Å². The molecular weight excluding hydrogens is 542 g/mol. The predicted molar refractivity (Wildman–Crippen MR) is 148 cm³/mol. The largest absolute Gasteiger partial charge is 0.462 e. The van der Waals surface area contributed by atoms with E-state index >= 15 is 0 Å². The third kappa shape index (κ3) is 6.84. The fraction of sp³-hybridized carbons (Fsp3) is 0.222. The maximum absolute atomic E-state index is 12.9. The van der Waals surface area contributed by atoms with Crippen molar-refractivity contribution in [1.29, 1.82) is 0 Å². The molecule has 12 heteroatoms. The maximum atomic E-state index is 12.9. The first-order valence-electron chi connectivity index (χ1n) is 12.0. The second-order valence-electron chi connectivity index (χ2n) is 8.31. The number of ether oxygens (including phenoxy) is 2. The van der Waals surface area contributed by atoms with Crippen LogP contribution in [0.4, 0.5) is 16.4 Å². The molecule has 0 unspecified atom stereocenters. The highest BCUT2D eigenvalue weighted by molar-refractivity contribution is 8.01. The van der Waals surface area contributed by atoms with Crippen LogP contribution in [0.5, 0.6) is 0 Å². The number of carbonyl (C=O) groups excluding carboxylic acids is 5. The van der Waals surface area contributed by atoms with Crippen LogP contribution in [0.2, 0.25) is 0 Å². The summed E-state index contributed by atoms with van der Waals surface area (Å²) >= 11 is 2.16. The summed E-state index contributed by atoms with van der Waals surface area (Å²) in [5.74, 6) is -2.91. The molecule has 1 aliphatic heterocycles. The van der Waals surface area contributed by atoms with E-state index in [1.807, 2.05) is 18.2 Å². The van der Waals surface area contributed by atoms with Crippen LogP contribution in [0.1, 0.15) is 38.9 Å². The molecule has 0 bridgehead atoms. The van der Waals surface area contributed by atoms with Crippen molar-refractivity contribution in [3.8, 4) is 0 Å². The quantitative estimate of drug-likeness (QED) is 0.322. The van der Waals surface area contributed by atoms with Gasteiger partial charge in [-0.25, -0.2) is 4.79 Å². The normalized spacial score (nSPS) is 14.0. The van der Waals surface area contributed by atoms with Gasteiger partial charge in [-0.1, -0.05) is 30.3 Å². The molecule has 1 atom stereocenters. The first kappa shape index (κ1) is 27.9. The van der Waals surface area contributed by atoms with E-state index in [2.05, 4.69) is 16.0 Å². The third-order valence-electron chi connectivity index (χ3n) is 5.54. The Morgan fingerprint density at radius 3 is 2.44 bits per heavy atom. The summed E-state index contributed by atoms with van der Waals surface area (Å²) in [5, 5.41) is 7.46. The van der Waals surface area contributed by atoms with Gasteiger partial charge in [0.2, 0.25) is 5.91 Å². The number of carbonyl (C=O) groups is 5. The minimum atomic E-state index is -0.729. The highest BCUT2D eigenvalue weighted by atomic mass is 32.2. The summed E-state index contributed by atoms with van der Waals surface area (Å²) in [6.07, 6.45) is -0.228. The summed E-state index contributed by atoms with van der Waals surface area (Å²) in [6, 6.07) is 16.0. The van der Waals surface area contributed by atoms with Gasteiger partial charge in [0, 0.05) is 10.6 Å². The highest BCUT2D eigenvalue weighted by Crippen LogP contribution is 2.37. The van der Waals surface area contributed by atoms with Crippen LogP contribution in [0.15, 0.2) is 59.5 Å². The summed E-state index contributed by atoms with van der Waals surface area (Å²) in [6.45, 7) is 2.69. The third-order valence-corrected chi connectivity index (χ3v) is 8.02. The number of thiophene rings is 1. The van der Waals surface area contributed by atoms with E-state index < -0.39 is 35.6 Å². The van der Waals surface area contributed by atoms with Crippen LogP contribution < -0.4 is 16.0 Å². The van der Waals surface area contributed by atoms with Gasteiger partial charge >= 0.3 is 11.9 Å². The van der Waals surface area contributed by atoms with Crippen LogP contribution >= 0.6 is 23.1 Å². The first-order chi connectivity index (χ1) is 18.8. The van der Waals surface area contributed by atoms with Crippen LogP contribution in [-0.2, 0) is 23.9 Å². The Bertz CT molecular complexity index is 1420. The lowest BCUT2D eigenvalue weighted by atomic mass is 10.1. The van der Waals surface area contributed by atoms with Crippen molar-refractivity contribution >= 4 is 69.1 Å². The zero-order chi connectivity index (χ0) is 27.9. The van der Waals surface area contributed by atoms with Gasteiger partial charge in [-0.05, 0) is 43.7 Å². The van der Waals surface area contributed by atoms with Crippen molar-refractivity contribution in [1.82, 2.24) is 0 Å². The van der Waals surface area contributed by atoms with Gasteiger partial charge < -0.3 is 25.4 Å². The molecule has 0 fully saturated rings. The van der Waals surface area contributed by atoms with E-state index in [9.17, 15) is 24.0 Å². The minimum Gasteiger partial charge on any atom is -0.462 e. The topological polar surface area (TPSA) is 140 Å². The Morgan fingerprint density at radius 1 is 0.974 bits per heavy atom. The Balaban J connectivity index is 1.40. The predicted octanol–water partition coefficient (Wildman–Crippen LogP) is 4.47. The smallest absolute Gasteiger partial charge is 0.341 e.